The smallest absolute Gasteiger partial charge is 0.313 e. The van der Waals surface area contributed by atoms with Crippen molar-refractivity contribution in [3.63, 3.8) is 0 Å². The van der Waals surface area contributed by atoms with Gasteiger partial charge in [0.2, 0.25) is 0 Å². The standard InChI is InChI=1S/C14H11F3N2O3S/c15-8-3-9(16)12(10(17)4-8)19-14(22)13(21)18-5-11(20)7-1-2-23-6-7/h1-4,6,11,20H,5H2,(H,18,21)(H,19,22). The highest BCUT2D eigenvalue weighted by Gasteiger charge is 2.20. The first-order valence-electron chi connectivity index (χ1n) is 6.32. The fourth-order valence-corrected chi connectivity index (χ4v) is 2.39. The molecule has 3 N–H and O–H groups in total. The summed E-state index contributed by atoms with van der Waals surface area (Å²) in [6.07, 6.45) is -1.02. The lowest BCUT2D eigenvalue weighted by atomic mass is 10.2. The number of benzene rings is 1. The maximum Gasteiger partial charge on any atom is 0.313 e. The lowest BCUT2D eigenvalue weighted by Crippen LogP contribution is -2.38. The Bertz CT molecular complexity index is 699. The number of anilines is 1. The summed E-state index contributed by atoms with van der Waals surface area (Å²) in [6.45, 7) is -0.253. The first-order chi connectivity index (χ1) is 10.9. The van der Waals surface area contributed by atoms with Crippen LogP contribution in [0.4, 0.5) is 18.9 Å². The van der Waals surface area contributed by atoms with Crippen LogP contribution in [0, 0.1) is 17.5 Å². The molecular formula is C14H11F3N2O3S. The van der Waals surface area contributed by atoms with Gasteiger partial charge in [-0.1, -0.05) is 0 Å². The van der Waals surface area contributed by atoms with Crippen molar-refractivity contribution in [1.82, 2.24) is 5.32 Å². The fraction of sp³-hybridized carbons (Fsp3) is 0.143. The molecule has 1 heterocycles. The number of rotatable bonds is 4. The van der Waals surface area contributed by atoms with Crippen molar-refractivity contribution in [2.45, 2.75) is 6.10 Å². The third-order valence-electron chi connectivity index (χ3n) is 2.84. The molecule has 2 rings (SSSR count). The van der Waals surface area contributed by atoms with Crippen molar-refractivity contribution < 1.29 is 27.9 Å². The van der Waals surface area contributed by atoms with Crippen LogP contribution in [-0.4, -0.2) is 23.5 Å². The van der Waals surface area contributed by atoms with E-state index in [1.54, 1.807) is 22.1 Å². The molecule has 122 valence electrons. The molecule has 2 amide bonds. The van der Waals surface area contributed by atoms with Gasteiger partial charge in [-0.3, -0.25) is 9.59 Å². The molecule has 0 fully saturated rings. The number of amides is 2. The summed E-state index contributed by atoms with van der Waals surface area (Å²) in [5.41, 5.74) is -0.365. The molecule has 0 bridgehead atoms. The predicted molar refractivity (Wildman–Crippen MR) is 77.2 cm³/mol. The molecule has 1 aromatic carbocycles. The lowest BCUT2D eigenvalue weighted by Gasteiger charge is -2.11. The molecule has 0 radical (unpaired) electrons. The molecular weight excluding hydrogens is 333 g/mol. The largest absolute Gasteiger partial charge is 0.387 e. The summed E-state index contributed by atoms with van der Waals surface area (Å²) in [4.78, 5) is 23.1. The fourth-order valence-electron chi connectivity index (χ4n) is 1.68. The quantitative estimate of drug-likeness (QED) is 0.742. The van der Waals surface area contributed by atoms with E-state index in [1.165, 1.54) is 11.3 Å². The van der Waals surface area contributed by atoms with Gasteiger partial charge in [-0.05, 0) is 22.4 Å². The van der Waals surface area contributed by atoms with E-state index in [9.17, 15) is 27.9 Å². The summed E-state index contributed by atoms with van der Waals surface area (Å²) >= 11 is 1.35. The van der Waals surface area contributed by atoms with Crippen LogP contribution in [-0.2, 0) is 9.59 Å². The van der Waals surface area contributed by atoms with Crippen LogP contribution in [0.2, 0.25) is 0 Å². The first-order valence-corrected chi connectivity index (χ1v) is 7.26. The second-order valence-corrected chi connectivity index (χ2v) is 5.26. The molecule has 1 aromatic heterocycles. The normalized spacial score (nSPS) is 11.8. The van der Waals surface area contributed by atoms with Gasteiger partial charge in [0, 0.05) is 18.7 Å². The van der Waals surface area contributed by atoms with Crippen LogP contribution >= 0.6 is 11.3 Å². The van der Waals surface area contributed by atoms with Gasteiger partial charge < -0.3 is 15.7 Å². The highest BCUT2D eigenvalue weighted by Crippen LogP contribution is 2.20. The summed E-state index contributed by atoms with van der Waals surface area (Å²) in [6, 6.07) is 2.39. The van der Waals surface area contributed by atoms with Crippen molar-refractivity contribution in [2.75, 3.05) is 11.9 Å². The molecule has 0 aliphatic heterocycles. The van der Waals surface area contributed by atoms with E-state index in [-0.39, 0.29) is 6.54 Å². The van der Waals surface area contributed by atoms with Gasteiger partial charge in [-0.25, -0.2) is 13.2 Å². The van der Waals surface area contributed by atoms with E-state index < -0.39 is 41.1 Å². The Hall–Kier alpha value is -2.39. The summed E-state index contributed by atoms with van der Waals surface area (Å²) < 4.78 is 39.5. The van der Waals surface area contributed by atoms with Crippen LogP contribution < -0.4 is 10.6 Å². The Morgan fingerprint density at radius 1 is 1.17 bits per heavy atom. The maximum atomic E-state index is 13.4. The van der Waals surface area contributed by atoms with Gasteiger partial charge in [0.25, 0.3) is 0 Å². The minimum Gasteiger partial charge on any atom is -0.387 e. The van der Waals surface area contributed by atoms with Crippen LogP contribution in [0.25, 0.3) is 0 Å². The number of aliphatic hydroxyl groups excluding tert-OH is 1. The van der Waals surface area contributed by atoms with Gasteiger partial charge in [0.15, 0.2) is 11.6 Å². The number of halogens is 3. The number of carbonyl (C=O) groups is 2. The van der Waals surface area contributed by atoms with E-state index in [4.69, 9.17) is 0 Å². The Kier molecular flexibility index (Phi) is 5.35. The highest BCUT2D eigenvalue weighted by atomic mass is 32.1. The SMILES string of the molecule is O=C(NCC(O)c1ccsc1)C(=O)Nc1c(F)cc(F)cc1F. The number of hydrogen-bond acceptors (Lipinski definition) is 4. The third-order valence-corrected chi connectivity index (χ3v) is 3.54. The molecule has 9 heteroatoms. The minimum absolute atomic E-state index is 0.253. The molecule has 0 saturated carbocycles. The maximum absolute atomic E-state index is 13.4. The molecule has 0 spiro atoms. The number of aliphatic hydroxyl groups is 1. The van der Waals surface area contributed by atoms with Crippen LogP contribution in [0.5, 0.6) is 0 Å². The summed E-state index contributed by atoms with van der Waals surface area (Å²) in [5, 5.41) is 17.0. The van der Waals surface area contributed by atoms with Crippen LogP contribution in [0.1, 0.15) is 11.7 Å². The third kappa shape index (κ3) is 4.30. The monoisotopic (exact) mass is 344 g/mol. The molecule has 1 atom stereocenters. The van der Waals surface area contributed by atoms with Crippen LogP contribution in [0.3, 0.4) is 0 Å². The minimum atomic E-state index is -1.35. The summed E-state index contributed by atoms with van der Waals surface area (Å²) in [5.74, 6) is -6.38. The van der Waals surface area contributed by atoms with E-state index in [0.29, 0.717) is 17.7 Å². The molecule has 2 aromatic rings. The molecule has 5 nitrogen and oxygen atoms in total. The average molecular weight is 344 g/mol. The van der Waals surface area contributed by atoms with Gasteiger partial charge in [-0.15, -0.1) is 0 Å². The van der Waals surface area contributed by atoms with Gasteiger partial charge in [-0.2, -0.15) is 11.3 Å². The predicted octanol–water partition coefficient (Wildman–Crippen LogP) is 1.95. The molecule has 0 aliphatic carbocycles. The first kappa shape index (κ1) is 17.0. The van der Waals surface area contributed by atoms with Crippen LogP contribution in [0.15, 0.2) is 29.0 Å². The second kappa shape index (κ2) is 7.25. The van der Waals surface area contributed by atoms with Gasteiger partial charge in [0.1, 0.15) is 11.5 Å². The molecule has 23 heavy (non-hydrogen) atoms. The number of nitrogens with one attached hydrogen (secondary N) is 2. The number of thiophene rings is 1. The Morgan fingerprint density at radius 2 is 1.83 bits per heavy atom. The average Bonchev–Trinajstić information content (AvgIpc) is 3.02. The van der Waals surface area contributed by atoms with Gasteiger partial charge >= 0.3 is 11.8 Å². The highest BCUT2D eigenvalue weighted by molar-refractivity contribution is 7.07. The second-order valence-electron chi connectivity index (χ2n) is 4.48. The van der Waals surface area contributed by atoms with Crippen molar-refractivity contribution in [3.05, 3.63) is 52.0 Å². The van der Waals surface area contributed by atoms with E-state index in [2.05, 4.69) is 5.32 Å². The van der Waals surface area contributed by atoms with E-state index in [1.807, 2.05) is 0 Å². The summed E-state index contributed by atoms with van der Waals surface area (Å²) in [7, 11) is 0. The topological polar surface area (TPSA) is 78.4 Å². The van der Waals surface area contributed by atoms with Crippen molar-refractivity contribution >= 4 is 28.8 Å². The Balaban J connectivity index is 1.94. The van der Waals surface area contributed by atoms with Crippen molar-refractivity contribution in [2.24, 2.45) is 0 Å². The van der Waals surface area contributed by atoms with Crippen molar-refractivity contribution in [1.29, 1.82) is 0 Å². The van der Waals surface area contributed by atoms with E-state index >= 15 is 0 Å². The molecule has 0 saturated heterocycles. The molecule has 0 aliphatic rings. The zero-order valence-electron chi connectivity index (χ0n) is 11.5. The lowest BCUT2D eigenvalue weighted by molar-refractivity contribution is -0.136. The van der Waals surface area contributed by atoms with Crippen molar-refractivity contribution in [3.8, 4) is 0 Å². The Labute approximate surface area is 132 Å². The van der Waals surface area contributed by atoms with Gasteiger partial charge in [0.05, 0.1) is 6.10 Å². The Morgan fingerprint density at radius 3 is 2.39 bits per heavy atom. The van der Waals surface area contributed by atoms with E-state index in [0.717, 1.165) is 0 Å². The number of carbonyl (C=O) groups excluding carboxylic acids is 2. The zero-order chi connectivity index (χ0) is 17.0. The number of hydrogen-bond donors (Lipinski definition) is 3. The zero-order valence-corrected chi connectivity index (χ0v) is 12.3. The molecule has 1 unspecified atom stereocenters.